The van der Waals surface area contributed by atoms with Gasteiger partial charge in [-0.3, -0.25) is 14.4 Å². The summed E-state index contributed by atoms with van der Waals surface area (Å²) < 4.78 is 10.3. The van der Waals surface area contributed by atoms with Crippen molar-refractivity contribution in [2.24, 2.45) is 5.41 Å². The van der Waals surface area contributed by atoms with Gasteiger partial charge in [0.2, 0.25) is 11.8 Å². The molecule has 0 unspecified atom stereocenters. The van der Waals surface area contributed by atoms with Crippen molar-refractivity contribution in [3.05, 3.63) is 35.9 Å². The highest BCUT2D eigenvalue weighted by Crippen LogP contribution is 2.25. The predicted molar refractivity (Wildman–Crippen MR) is 183 cm³/mol. The quantitative estimate of drug-likeness (QED) is 0.144. The molecule has 0 heterocycles. The molecule has 0 saturated carbocycles. The second-order valence-electron chi connectivity index (χ2n) is 11.1. The summed E-state index contributed by atoms with van der Waals surface area (Å²) in [4.78, 5) is 48.9. The number of alkyl carbamates (subject to hydrolysis) is 1. The number of esters is 1. The van der Waals surface area contributed by atoms with Crippen LogP contribution in [0.5, 0.6) is 0 Å². The summed E-state index contributed by atoms with van der Waals surface area (Å²) in [5.74, 6) is -1.20. The summed E-state index contributed by atoms with van der Waals surface area (Å²) in [6.07, 6.45) is 4.58. The smallest absolute Gasteiger partial charge is 0.408 e. The maximum Gasteiger partial charge on any atom is 0.408 e. The summed E-state index contributed by atoms with van der Waals surface area (Å²) >= 11 is 0. The van der Waals surface area contributed by atoms with Gasteiger partial charge in [-0.1, -0.05) is 112 Å². The highest BCUT2D eigenvalue weighted by atomic mass is 16.6. The molecule has 0 aliphatic heterocycles. The molecule has 0 fully saturated rings. The Morgan fingerprint density at radius 2 is 1.40 bits per heavy atom. The monoisotopic (exact) mass is 616 g/mol. The lowest BCUT2D eigenvalue weighted by atomic mass is 9.81. The molecule has 43 heavy (non-hydrogen) atoms. The van der Waals surface area contributed by atoms with Gasteiger partial charge in [0.05, 0.1) is 0 Å². The van der Waals surface area contributed by atoms with Gasteiger partial charge >= 0.3 is 12.1 Å². The number of rotatable bonds is 14. The summed E-state index contributed by atoms with van der Waals surface area (Å²) in [5.41, 5.74) is -0.299. The summed E-state index contributed by atoms with van der Waals surface area (Å²) in [5, 5.41) is 7.87. The van der Waals surface area contributed by atoms with Gasteiger partial charge in [-0.25, -0.2) is 4.79 Å². The number of ether oxygens (including phenoxy) is 2. The first kappa shape index (κ1) is 44.3. The van der Waals surface area contributed by atoms with E-state index < -0.39 is 29.1 Å². The van der Waals surface area contributed by atoms with Crippen LogP contribution in [0.25, 0.3) is 0 Å². The van der Waals surface area contributed by atoms with Gasteiger partial charge in [0.15, 0.2) is 0 Å². The molecule has 9 nitrogen and oxygen atoms in total. The molecule has 0 aromatic heterocycles. The Hall–Kier alpha value is -3.10. The Labute approximate surface area is 267 Å². The molecule has 3 amide bonds. The molecule has 1 atom stereocenters. The minimum Gasteiger partial charge on any atom is -0.461 e. The van der Waals surface area contributed by atoms with Gasteiger partial charge in [-0.15, -0.1) is 0 Å². The van der Waals surface area contributed by atoms with E-state index in [1.807, 2.05) is 78.8 Å². The molecule has 0 spiro atoms. The number of hydrogen-bond donors (Lipinski definition) is 3. The van der Waals surface area contributed by atoms with Crippen LogP contribution in [-0.4, -0.2) is 48.6 Å². The molecule has 1 rings (SSSR count). The molecule has 0 aliphatic carbocycles. The Morgan fingerprint density at radius 1 is 0.837 bits per heavy atom. The number of amides is 3. The maximum absolute atomic E-state index is 12.8. The van der Waals surface area contributed by atoms with Crippen LogP contribution < -0.4 is 16.0 Å². The van der Waals surface area contributed by atoms with Crippen molar-refractivity contribution < 1.29 is 32.9 Å². The predicted octanol–water partition coefficient (Wildman–Crippen LogP) is 8.06. The number of unbranched alkanes of at least 4 members (excludes halogenated alkanes) is 2. The largest absolute Gasteiger partial charge is 0.461 e. The van der Waals surface area contributed by atoms with Crippen LogP contribution in [-0.2, 0) is 30.5 Å². The van der Waals surface area contributed by atoms with Crippen LogP contribution in [0.15, 0.2) is 30.3 Å². The summed E-state index contributed by atoms with van der Waals surface area (Å²) in [6.45, 7) is 23.4. The van der Waals surface area contributed by atoms with Crippen molar-refractivity contribution in [3.63, 3.8) is 0 Å². The first-order chi connectivity index (χ1) is 20.3. The Morgan fingerprint density at radius 3 is 1.86 bits per heavy atom. The van der Waals surface area contributed by atoms with Crippen LogP contribution in [0.4, 0.5) is 4.79 Å². The van der Waals surface area contributed by atoms with E-state index in [4.69, 9.17) is 9.47 Å². The molecule has 0 aliphatic rings. The van der Waals surface area contributed by atoms with Gasteiger partial charge in [-0.05, 0) is 44.6 Å². The van der Waals surface area contributed by atoms with Gasteiger partial charge in [0.1, 0.15) is 24.8 Å². The molecule has 3 N–H and O–H groups in total. The highest BCUT2D eigenvalue weighted by Gasteiger charge is 2.35. The minimum absolute atomic E-state index is 0. The van der Waals surface area contributed by atoms with Gasteiger partial charge in [0.25, 0.3) is 0 Å². The SMILES string of the molecule is CC.CC.CCC(C)(C)[C@H](NC(=O)CNC(=O)OC(C)(C)C)C(=O)NCCCC(=O)OCc1ccccc1.CCCCC.[HH].[HH].[HH]. The molecule has 0 bridgehead atoms. The van der Waals surface area contributed by atoms with Crippen LogP contribution in [0, 0.1) is 5.41 Å². The topological polar surface area (TPSA) is 123 Å². The van der Waals surface area contributed by atoms with Crippen molar-refractivity contribution in [1.29, 1.82) is 0 Å². The lowest BCUT2D eigenvalue weighted by molar-refractivity contribution is -0.145. The number of carbonyl (C=O) groups excluding carboxylic acids is 4. The second-order valence-corrected chi connectivity index (χ2v) is 11.1. The molecule has 0 radical (unpaired) electrons. The van der Waals surface area contributed by atoms with Crippen molar-refractivity contribution in [1.82, 2.24) is 16.0 Å². The molecule has 1 aromatic carbocycles. The van der Waals surface area contributed by atoms with E-state index in [1.54, 1.807) is 20.8 Å². The normalized spacial score (nSPS) is 11.0. The average molecular weight is 616 g/mol. The molecular formula is C34H69N3O6. The van der Waals surface area contributed by atoms with E-state index in [1.165, 1.54) is 19.3 Å². The van der Waals surface area contributed by atoms with E-state index >= 15 is 0 Å². The molecule has 0 saturated heterocycles. The van der Waals surface area contributed by atoms with Gasteiger partial charge < -0.3 is 25.4 Å². The Kier molecular flexibility index (Phi) is 27.3. The maximum atomic E-state index is 12.8. The number of nitrogens with one attached hydrogen (secondary N) is 3. The molecule has 256 valence electrons. The van der Waals surface area contributed by atoms with Crippen LogP contribution >= 0.6 is 0 Å². The van der Waals surface area contributed by atoms with Crippen molar-refractivity contribution >= 4 is 23.9 Å². The van der Waals surface area contributed by atoms with E-state index in [9.17, 15) is 19.2 Å². The Balaban J connectivity index is -0.000000298. The lowest BCUT2D eigenvalue weighted by Crippen LogP contribution is -2.56. The summed E-state index contributed by atoms with van der Waals surface area (Å²) in [7, 11) is 0. The fraction of sp³-hybridized carbons (Fsp3) is 0.706. The van der Waals surface area contributed by atoms with E-state index in [0.29, 0.717) is 12.8 Å². The lowest BCUT2D eigenvalue weighted by Gasteiger charge is -2.33. The third-order valence-corrected chi connectivity index (χ3v) is 5.86. The van der Waals surface area contributed by atoms with Gasteiger partial charge in [0, 0.05) is 17.2 Å². The fourth-order valence-electron chi connectivity index (χ4n) is 3.21. The van der Waals surface area contributed by atoms with E-state index in [0.717, 1.165) is 5.56 Å². The Bertz CT molecular complexity index is 881. The number of hydrogen-bond acceptors (Lipinski definition) is 6. The van der Waals surface area contributed by atoms with Crippen LogP contribution in [0.1, 0.15) is 131 Å². The first-order valence-corrected chi connectivity index (χ1v) is 16.0. The van der Waals surface area contributed by atoms with E-state index in [-0.39, 0.29) is 42.3 Å². The molecule has 9 heteroatoms. The van der Waals surface area contributed by atoms with Gasteiger partial charge in [-0.2, -0.15) is 0 Å². The first-order valence-electron chi connectivity index (χ1n) is 16.0. The molecule has 1 aromatic rings. The fourth-order valence-corrected chi connectivity index (χ4v) is 3.21. The average Bonchev–Trinajstić information content (AvgIpc) is 2.98. The zero-order chi connectivity index (χ0) is 33.9. The highest BCUT2D eigenvalue weighted by molar-refractivity contribution is 5.90. The standard InChI is InChI=1S/C25H39N3O6.C5H12.2C2H6.3H2/c1-7-25(5,6)21(28-19(29)16-27-23(32)34-24(2,3)4)22(31)26-15-11-14-20(30)33-17-18-12-9-8-10-13-18;1-3-5-4-2;2*1-2;;;/h8-10,12-13,21H,7,11,14-17H2,1-6H3,(H,26,31)(H,27,32)(H,28,29);3-5H2,1-2H3;2*1-2H3;3*1H/t21-;;;;;;/m1....../s1. The van der Waals surface area contributed by atoms with Crippen molar-refractivity contribution in [2.45, 2.75) is 140 Å². The zero-order valence-electron chi connectivity index (χ0n) is 29.3. The third kappa shape index (κ3) is 25.1. The third-order valence-electron chi connectivity index (χ3n) is 5.86. The second kappa shape index (κ2) is 26.5. The van der Waals surface area contributed by atoms with Crippen molar-refractivity contribution in [3.8, 4) is 0 Å². The summed E-state index contributed by atoms with van der Waals surface area (Å²) in [6, 6.07) is 8.58. The molecular weight excluding hydrogens is 546 g/mol. The van der Waals surface area contributed by atoms with Crippen LogP contribution in [0.2, 0.25) is 0 Å². The zero-order valence-corrected chi connectivity index (χ0v) is 29.3. The van der Waals surface area contributed by atoms with Crippen molar-refractivity contribution in [2.75, 3.05) is 13.1 Å². The van der Waals surface area contributed by atoms with Crippen LogP contribution in [0.3, 0.4) is 0 Å². The minimum atomic E-state index is -0.810. The number of benzene rings is 1. The van der Waals surface area contributed by atoms with E-state index in [2.05, 4.69) is 29.8 Å². The number of carbonyl (C=O) groups is 4.